The van der Waals surface area contributed by atoms with Crippen molar-refractivity contribution in [3.05, 3.63) is 23.8 Å². The van der Waals surface area contributed by atoms with Crippen LogP contribution in [0.4, 0.5) is 0 Å². The molecule has 1 atom stereocenters. The van der Waals surface area contributed by atoms with Crippen molar-refractivity contribution in [2.24, 2.45) is 10.9 Å². The Hall–Kier alpha value is -1.18. The first-order valence-corrected chi connectivity index (χ1v) is 7.60. The Morgan fingerprint density at radius 1 is 1.36 bits per heavy atom. The lowest BCUT2D eigenvalue weighted by atomic mass is 10.0. The predicted molar refractivity (Wildman–Crippen MR) is 98.1 cm³/mol. The fourth-order valence-corrected chi connectivity index (χ4v) is 2.95. The second kappa shape index (κ2) is 7.89. The maximum Gasteiger partial charge on any atom is 0.231 e. The van der Waals surface area contributed by atoms with Crippen molar-refractivity contribution in [3.63, 3.8) is 0 Å². The molecule has 2 heterocycles. The number of nitrogens with one attached hydrogen (secondary N) is 1. The van der Waals surface area contributed by atoms with Gasteiger partial charge in [0.2, 0.25) is 6.79 Å². The minimum absolute atomic E-state index is 0. The van der Waals surface area contributed by atoms with E-state index in [-0.39, 0.29) is 24.0 Å². The van der Waals surface area contributed by atoms with Crippen molar-refractivity contribution < 1.29 is 9.47 Å². The van der Waals surface area contributed by atoms with Gasteiger partial charge in [0.1, 0.15) is 0 Å². The quantitative estimate of drug-likeness (QED) is 0.457. The second-order valence-corrected chi connectivity index (χ2v) is 5.78. The zero-order valence-electron chi connectivity index (χ0n) is 13.2. The number of likely N-dealkylation sites (tertiary alicyclic amines) is 1. The highest BCUT2D eigenvalue weighted by Crippen LogP contribution is 2.32. The van der Waals surface area contributed by atoms with Gasteiger partial charge in [0.05, 0.1) is 0 Å². The predicted octanol–water partition coefficient (Wildman–Crippen LogP) is 2.84. The van der Waals surface area contributed by atoms with Crippen molar-refractivity contribution in [2.75, 3.05) is 26.9 Å². The number of benzene rings is 1. The van der Waals surface area contributed by atoms with Crippen LogP contribution < -0.4 is 14.8 Å². The molecule has 1 saturated heterocycles. The first-order chi connectivity index (χ1) is 10.3. The Bertz CT molecular complexity index is 536. The molecule has 1 unspecified atom stereocenters. The number of piperidine rings is 1. The van der Waals surface area contributed by atoms with E-state index in [1.54, 1.807) is 0 Å². The van der Waals surface area contributed by atoms with Crippen LogP contribution in [0.2, 0.25) is 0 Å². The largest absolute Gasteiger partial charge is 0.454 e. The highest BCUT2D eigenvalue weighted by molar-refractivity contribution is 14.0. The molecule has 6 heteroatoms. The number of ether oxygens (including phenoxy) is 2. The summed E-state index contributed by atoms with van der Waals surface area (Å²) in [6.07, 6.45) is 2.56. The third-order valence-electron chi connectivity index (χ3n) is 4.06. The molecule has 2 aliphatic rings. The maximum atomic E-state index is 5.41. The summed E-state index contributed by atoms with van der Waals surface area (Å²) in [5.41, 5.74) is 1.17. The summed E-state index contributed by atoms with van der Waals surface area (Å²) in [6.45, 7) is 5.54. The first kappa shape index (κ1) is 17.2. The highest BCUT2D eigenvalue weighted by atomic mass is 127. The van der Waals surface area contributed by atoms with E-state index < -0.39 is 0 Å². The number of hydrogen-bond acceptors (Lipinski definition) is 3. The summed E-state index contributed by atoms with van der Waals surface area (Å²) >= 11 is 0. The lowest BCUT2D eigenvalue weighted by Crippen LogP contribution is -2.45. The Kier molecular flexibility index (Phi) is 6.16. The molecular weight excluding hydrogens is 393 g/mol. The molecule has 0 spiro atoms. The summed E-state index contributed by atoms with van der Waals surface area (Å²) in [5.74, 6) is 3.38. The molecule has 0 radical (unpaired) electrons. The monoisotopic (exact) mass is 417 g/mol. The molecule has 0 aromatic heterocycles. The zero-order valence-corrected chi connectivity index (χ0v) is 15.5. The summed E-state index contributed by atoms with van der Waals surface area (Å²) in [5, 5.41) is 3.45. The van der Waals surface area contributed by atoms with Gasteiger partial charge in [0.25, 0.3) is 0 Å². The topological polar surface area (TPSA) is 46.1 Å². The van der Waals surface area contributed by atoms with Gasteiger partial charge >= 0.3 is 0 Å². The molecule has 0 amide bonds. The SMILES string of the molecule is CN=C(NCc1ccc2c(c1)OCO2)N1CCCC(C)C1.I. The number of fused-ring (bicyclic) bond motifs is 1. The van der Waals surface area contributed by atoms with E-state index in [4.69, 9.17) is 9.47 Å². The van der Waals surface area contributed by atoms with Gasteiger partial charge in [0.15, 0.2) is 17.5 Å². The Morgan fingerprint density at radius 3 is 2.95 bits per heavy atom. The van der Waals surface area contributed by atoms with E-state index in [2.05, 4.69) is 28.2 Å². The molecule has 1 fully saturated rings. The van der Waals surface area contributed by atoms with Crippen molar-refractivity contribution >= 4 is 29.9 Å². The normalized spacial score (nSPS) is 20.5. The van der Waals surface area contributed by atoms with Gasteiger partial charge in [-0.1, -0.05) is 13.0 Å². The van der Waals surface area contributed by atoms with Crippen molar-refractivity contribution in [2.45, 2.75) is 26.3 Å². The molecule has 122 valence electrons. The van der Waals surface area contributed by atoms with Crippen LogP contribution in [0.3, 0.4) is 0 Å². The smallest absolute Gasteiger partial charge is 0.231 e. The molecular formula is C16H24IN3O2. The molecule has 0 aliphatic carbocycles. The van der Waals surface area contributed by atoms with Gasteiger partial charge in [-0.3, -0.25) is 4.99 Å². The zero-order chi connectivity index (χ0) is 14.7. The molecule has 2 aliphatic heterocycles. The Morgan fingerprint density at radius 2 is 2.18 bits per heavy atom. The van der Waals surface area contributed by atoms with Gasteiger partial charge in [0, 0.05) is 26.7 Å². The fraction of sp³-hybridized carbons (Fsp3) is 0.562. The first-order valence-electron chi connectivity index (χ1n) is 7.60. The number of hydrogen-bond donors (Lipinski definition) is 1. The molecule has 1 aromatic carbocycles. The third kappa shape index (κ3) is 3.97. The van der Waals surface area contributed by atoms with E-state index >= 15 is 0 Å². The van der Waals surface area contributed by atoms with Crippen LogP contribution >= 0.6 is 24.0 Å². The van der Waals surface area contributed by atoms with Gasteiger partial charge in [-0.2, -0.15) is 0 Å². The number of rotatable bonds is 2. The summed E-state index contributed by atoms with van der Waals surface area (Å²) < 4.78 is 10.7. The van der Waals surface area contributed by atoms with Crippen LogP contribution in [-0.4, -0.2) is 37.8 Å². The molecule has 5 nitrogen and oxygen atoms in total. The Balaban J connectivity index is 0.00000176. The minimum Gasteiger partial charge on any atom is -0.454 e. The van der Waals surface area contributed by atoms with Crippen molar-refractivity contribution in [1.29, 1.82) is 0 Å². The van der Waals surface area contributed by atoms with E-state index in [9.17, 15) is 0 Å². The van der Waals surface area contributed by atoms with Crippen LogP contribution in [0.15, 0.2) is 23.2 Å². The van der Waals surface area contributed by atoms with Gasteiger partial charge < -0.3 is 19.7 Å². The van der Waals surface area contributed by atoms with Crippen molar-refractivity contribution in [3.8, 4) is 11.5 Å². The second-order valence-electron chi connectivity index (χ2n) is 5.78. The van der Waals surface area contributed by atoms with E-state index in [1.807, 2.05) is 19.2 Å². The molecule has 1 N–H and O–H groups in total. The van der Waals surface area contributed by atoms with Gasteiger partial charge in [-0.05, 0) is 36.5 Å². The van der Waals surface area contributed by atoms with E-state index in [0.717, 1.165) is 43.0 Å². The average Bonchev–Trinajstić information content (AvgIpc) is 2.95. The summed E-state index contributed by atoms with van der Waals surface area (Å²) in [7, 11) is 1.85. The number of aliphatic imine (C=N–C) groups is 1. The lowest BCUT2D eigenvalue weighted by Gasteiger charge is -2.33. The van der Waals surface area contributed by atoms with Gasteiger partial charge in [-0.15, -0.1) is 24.0 Å². The molecule has 0 saturated carbocycles. The van der Waals surface area contributed by atoms with E-state index in [1.165, 1.54) is 18.4 Å². The number of halogens is 1. The molecule has 3 rings (SSSR count). The lowest BCUT2D eigenvalue weighted by molar-refractivity contribution is 0.174. The average molecular weight is 417 g/mol. The van der Waals surface area contributed by atoms with Crippen LogP contribution in [-0.2, 0) is 6.54 Å². The highest BCUT2D eigenvalue weighted by Gasteiger charge is 2.19. The van der Waals surface area contributed by atoms with Crippen LogP contribution in [0.25, 0.3) is 0 Å². The van der Waals surface area contributed by atoms with Gasteiger partial charge in [-0.25, -0.2) is 0 Å². The summed E-state index contributed by atoms with van der Waals surface area (Å²) in [4.78, 5) is 6.76. The van der Waals surface area contributed by atoms with Crippen LogP contribution in [0.5, 0.6) is 11.5 Å². The number of guanidine groups is 1. The Labute approximate surface area is 149 Å². The van der Waals surface area contributed by atoms with Crippen molar-refractivity contribution in [1.82, 2.24) is 10.2 Å². The maximum absolute atomic E-state index is 5.41. The molecule has 1 aromatic rings. The van der Waals surface area contributed by atoms with Crippen LogP contribution in [0, 0.1) is 5.92 Å². The third-order valence-corrected chi connectivity index (χ3v) is 4.06. The van der Waals surface area contributed by atoms with Crippen LogP contribution in [0.1, 0.15) is 25.3 Å². The molecule has 0 bridgehead atoms. The fourth-order valence-electron chi connectivity index (χ4n) is 2.95. The standard InChI is InChI=1S/C16H23N3O2.HI/c1-12-4-3-7-19(10-12)16(17-2)18-9-13-5-6-14-15(8-13)21-11-20-14;/h5-6,8,12H,3-4,7,9-11H2,1-2H3,(H,17,18);1H. The van der Waals surface area contributed by atoms with E-state index in [0.29, 0.717) is 6.79 Å². The number of nitrogens with zero attached hydrogens (tertiary/aromatic N) is 2. The minimum atomic E-state index is 0. The summed E-state index contributed by atoms with van der Waals surface area (Å²) in [6, 6.07) is 6.05. The molecule has 22 heavy (non-hydrogen) atoms.